The fraction of sp³-hybridized carbons (Fsp3) is 0.900. The largest absolute Gasteiger partial charge is 0.462 e. The molecule has 0 aliphatic rings. The fourth-order valence-electron chi connectivity index (χ4n) is 9.31. The van der Waals surface area contributed by atoms with Crippen molar-refractivity contribution in [2.75, 3.05) is 6.61 Å². The molecule has 3 N–H and O–H groups in total. The molecule has 0 rings (SSSR count). The molecular weight excluding hydrogens is 815 g/mol. The van der Waals surface area contributed by atoms with E-state index >= 15 is 0 Å². The van der Waals surface area contributed by atoms with Crippen LogP contribution in [0.5, 0.6) is 0 Å². The zero-order valence-corrected chi connectivity index (χ0v) is 44.6. The van der Waals surface area contributed by atoms with E-state index in [0.717, 1.165) is 57.8 Å². The number of hydrogen-bond acceptors (Lipinski definition) is 5. The minimum Gasteiger partial charge on any atom is -0.462 e. The lowest BCUT2D eigenvalue weighted by molar-refractivity contribution is -0.151. The molecular formula is C60H115NO5. The molecule has 6 heteroatoms. The highest BCUT2D eigenvalue weighted by molar-refractivity contribution is 5.77. The number of aliphatic hydroxyl groups excluding tert-OH is 2. The SMILES string of the molecule is CCCCCCCCC/C=C/C=C/CCCCCC(=O)OC(CCCCCCCCCCCCCCCCCCC)CC(=O)NC(CO)C(O)CCCCCCCCCCCCCCCC. The maximum absolute atomic E-state index is 13.3. The van der Waals surface area contributed by atoms with Crippen LogP contribution in [0, 0.1) is 0 Å². The number of carbonyl (C=O) groups is 2. The average Bonchev–Trinajstić information content (AvgIpc) is 3.31. The van der Waals surface area contributed by atoms with E-state index in [1.54, 1.807) is 0 Å². The molecule has 0 aliphatic heterocycles. The third-order valence-electron chi connectivity index (χ3n) is 13.8. The third kappa shape index (κ3) is 48.8. The van der Waals surface area contributed by atoms with Gasteiger partial charge in [-0.3, -0.25) is 9.59 Å². The van der Waals surface area contributed by atoms with E-state index in [1.165, 1.54) is 218 Å². The first-order valence-corrected chi connectivity index (χ1v) is 29.6. The number of unbranched alkanes of at least 4 members (excludes halogenated alkanes) is 39. The van der Waals surface area contributed by atoms with Crippen molar-refractivity contribution in [1.29, 1.82) is 0 Å². The molecule has 0 radical (unpaired) electrons. The Kier molecular flexibility index (Phi) is 52.9. The van der Waals surface area contributed by atoms with Crippen LogP contribution in [-0.4, -0.2) is 46.9 Å². The lowest BCUT2D eigenvalue weighted by Crippen LogP contribution is -2.46. The normalized spacial score (nSPS) is 13.2. The minimum atomic E-state index is -0.789. The van der Waals surface area contributed by atoms with Crippen molar-refractivity contribution < 1.29 is 24.5 Å². The lowest BCUT2D eigenvalue weighted by atomic mass is 10.0. The predicted octanol–water partition coefficient (Wildman–Crippen LogP) is 18.2. The minimum absolute atomic E-state index is 0.0734. The number of hydrogen-bond donors (Lipinski definition) is 3. The van der Waals surface area contributed by atoms with E-state index in [2.05, 4.69) is 50.4 Å². The highest BCUT2D eigenvalue weighted by Crippen LogP contribution is 2.19. The summed E-state index contributed by atoms with van der Waals surface area (Å²) in [7, 11) is 0. The van der Waals surface area contributed by atoms with Gasteiger partial charge in [0.2, 0.25) is 5.91 Å². The van der Waals surface area contributed by atoms with E-state index in [9.17, 15) is 19.8 Å². The first kappa shape index (κ1) is 64.3. The number of esters is 1. The summed E-state index contributed by atoms with van der Waals surface area (Å²) in [6, 6.07) is -0.703. The average molecular weight is 931 g/mol. The quantitative estimate of drug-likeness (QED) is 0.0321. The van der Waals surface area contributed by atoms with Gasteiger partial charge in [-0.05, 0) is 51.4 Å². The van der Waals surface area contributed by atoms with Crippen molar-refractivity contribution in [2.45, 2.75) is 341 Å². The second kappa shape index (κ2) is 54.3. The number of ether oxygens (including phenoxy) is 1. The van der Waals surface area contributed by atoms with Crippen molar-refractivity contribution in [3.05, 3.63) is 24.3 Å². The topological polar surface area (TPSA) is 95.9 Å². The van der Waals surface area contributed by atoms with Crippen LogP contribution in [0.15, 0.2) is 24.3 Å². The maximum atomic E-state index is 13.3. The second-order valence-electron chi connectivity index (χ2n) is 20.4. The Hall–Kier alpha value is -1.66. The predicted molar refractivity (Wildman–Crippen MR) is 287 cm³/mol. The molecule has 6 nitrogen and oxygen atoms in total. The summed E-state index contributed by atoms with van der Waals surface area (Å²) in [6.07, 6.45) is 63.9. The highest BCUT2D eigenvalue weighted by atomic mass is 16.5. The molecule has 0 heterocycles. The zero-order valence-electron chi connectivity index (χ0n) is 44.6. The maximum Gasteiger partial charge on any atom is 0.306 e. The lowest BCUT2D eigenvalue weighted by Gasteiger charge is -2.24. The summed E-state index contributed by atoms with van der Waals surface area (Å²) in [5, 5.41) is 23.9. The molecule has 0 aliphatic carbocycles. The van der Waals surface area contributed by atoms with Gasteiger partial charge >= 0.3 is 5.97 Å². The van der Waals surface area contributed by atoms with E-state index in [0.29, 0.717) is 19.3 Å². The molecule has 0 aromatic carbocycles. The molecule has 0 saturated heterocycles. The van der Waals surface area contributed by atoms with E-state index in [1.807, 2.05) is 0 Å². The van der Waals surface area contributed by atoms with Gasteiger partial charge in [0, 0.05) is 6.42 Å². The van der Waals surface area contributed by atoms with Gasteiger partial charge in [0.05, 0.1) is 25.2 Å². The van der Waals surface area contributed by atoms with Crippen LogP contribution in [-0.2, 0) is 14.3 Å². The molecule has 0 fully saturated rings. The fourth-order valence-corrected chi connectivity index (χ4v) is 9.31. The van der Waals surface area contributed by atoms with Crippen LogP contribution in [0.3, 0.4) is 0 Å². The Morgan fingerprint density at radius 1 is 0.439 bits per heavy atom. The van der Waals surface area contributed by atoms with Crippen molar-refractivity contribution in [3.63, 3.8) is 0 Å². The van der Waals surface area contributed by atoms with Crippen LogP contribution < -0.4 is 5.32 Å². The molecule has 0 spiro atoms. The molecule has 1 amide bonds. The van der Waals surface area contributed by atoms with Gasteiger partial charge in [-0.1, -0.05) is 283 Å². The van der Waals surface area contributed by atoms with Crippen LogP contribution in [0.4, 0.5) is 0 Å². The van der Waals surface area contributed by atoms with Gasteiger partial charge in [-0.15, -0.1) is 0 Å². The summed E-state index contributed by atoms with van der Waals surface area (Å²) in [6.45, 7) is 6.52. The number of nitrogens with one attached hydrogen (secondary N) is 1. The Morgan fingerprint density at radius 3 is 1.12 bits per heavy atom. The van der Waals surface area contributed by atoms with Gasteiger partial charge < -0.3 is 20.3 Å². The van der Waals surface area contributed by atoms with Crippen molar-refractivity contribution in [1.82, 2.24) is 5.32 Å². The molecule has 0 aromatic rings. The smallest absolute Gasteiger partial charge is 0.306 e. The van der Waals surface area contributed by atoms with E-state index < -0.39 is 18.2 Å². The van der Waals surface area contributed by atoms with Crippen molar-refractivity contribution >= 4 is 11.9 Å². The van der Waals surface area contributed by atoms with Gasteiger partial charge in [0.1, 0.15) is 6.10 Å². The number of amides is 1. The summed E-state index contributed by atoms with van der Waals surface area (Å²) in [5.41, 5.74) is 0. The van der Waals surface area contributed by atoms with Crippen LogP contribution in [0.2, 0.25) is 0 Å². The standard InChI is InChI=1S/C60H115NO5/c1-4-7-10-13-16-19-22-25-28-30-31-33-36-39-42-45-48-51-56(66-60(65)53-50-47-44-41-38-35-32-29-26-23-20-17-14-11-8-5-2)54-59(64)61-57(55-62)58(63)52-49-46-43-40-37-34-27-24-21-18-15-12-9-6-3/h29,32,35,38,56-58,62-63H,4-28,30-31,33-34,36-37,39-55H2,1-3H3,(H,61,64)/b32-29+,38-35+. The molecule has 66 heavy (non-hydrogen) atoms. The molecule has 3 unspecified atom stereocenters. The first-order chi connectivity index (χ1) is 32.5. The summed E-state index contributed by atoms with van der Waals surface area (Å²) in [4.78, 5) is 26.3. The molecule has 0 saturated carbocycles. The Bertz CT molecular complexity index is 1040. The zero-order chi connectivity index (χ0) is 48.1. The summed E-state index contributed by atoms with van der Waals surface area (Å²) in [5.74, 6) is -0.484. The van der Waals surface area contributed by atoms with Crippen molar-refractivity contribution in [3.8, 4) is 0 Å². The van der Waals surface area contributed by atoms with Gasteiger partial charge in [0.15, 0.2) is 0 Å². The first-order valence-electron chi connectivity index (χ1n) is 29.6. The third-order valence-corrected chi connectivity index (χ3v) is 13.8. The Morgan fingerprint density at radius 2 is 0.758 bits per heavy atom. The van der Waals surface area contributed by atoms with Gasteiger partial charge in [-0.25, -0.2) is 0 Å². The Balaban J connectivity index is 4.56. The summed E-state index contributed by atoms with van der Waals surface area (Å²) < 4.78 is 5.96. The van der Waals surface area contributed by atoms with E-state index in [4.69, 9.17) is 4.74 Å². The molecule has 0 aromatic heterocycles. The van der Waals surface area contributed by atoms with Crippen LogP contribution in [0.25, 0.3) is 0 Å². The van der Waals surface area contributed by atoms with Gasteiger partial charge in [0.25, 0.3) is 0 Å². The monoisotopic (exact) mass is 930 g/mol. The number of aliphatic hydroxyl groups is 2. The number of carbonyl (C=O) groups excluding carboxylic acids is 2. The second-order valence-corrected chi connectivity index (χ2v) is 20.4. The highest BCUT2D eigenvalue weighted by Gasteiger charge is 2.24. The summed E-state index contributed by atoms with van der Waals surface area (Å²) >= 11 is 0. The van der Waals surface area contributed by atoms with E-state index in [-0.39, 0.29) is 24.9 Å². The number of rotatable bonds is 54. The molecule has 3 atom stereocenters. The number of allylic oxidation sites excluding steroid dienone is 4. The van der Waals surface area contributed by atoms with Crippen molar-refractivity contribution in [2.24, 2.45) is 0 Å². The Labute approximate surface area is 411 Å². The molecule has 390 valence electrons. The van der Waals surface area contributed by atoms with Crippen LogP contribution >= 0.6 is 0 Å². The van der Waals surface area contributed by atoms with Crippen LogP contribution in [0.1, 0.15) is 323 Å². The molecule has 0 bridgehead atoms. The van der Waals surface area contributed by atoms with Gasteiger partial charge in [-0.2, -0.15) is 0 Å².